The van der Waals surface area contributed by atoms with Crippen LogP contribution in [0.5, 0.6) is 0 Å². The molecule has 1 aromatic carbocycles. The van der Waals surface area contributed by atoms with Crippen LogP contribution in [-0.2, 0) is 12.0 Å². The molecule has 0 spiro atoms. The van der Waals surface area contributed by atoms with Gasteiger partial charge in [-0.3, -0.25) is 19.6 Å². The third-order valence-corrected chi connectivity index (χ3v) is 4.42. The Bertz CT molecular complexity index is 993. The minimum Gasteiger partial charge on any atom is -0.346 e. The fourth-order valence-corrected chi connectivity index (χ4v) is 2.72. The highest BCUT2D eigenvalue weighted by Crippen LogP contribution is 2.23. The van der Waals surface area contributed by atoms with Crippen molar-refractivity contribution in [2.45, 2.75) is 32.7 Å². The van der Waals surface area contributed by atoms with Gasteiger partial charge in [0.1, 0.15) is 5.69 Å². The number of aromatic nitrogens is 2. The van der Waals surface area contributed by atoms with Crippen molar-refractivity contribution >= 4 is 17.5 Å². The van der Waals surface area contributed by atoms with E-state index in [-0.39, 0.29) is 22.9 Å². The van der Waals surface area contributed by atoms with Crippen molar-refractivity contribution in [1.29, 1.82) is 0 Å². The summed E-state index contributed by atoms with van der Waals surface area (Å²) >= 11 is 0. The molecule has 0 bridgehead atoms. The molecule has 2 heterocycles. The Kier molecular flexibility index (Phi) is 6.02. The van der Waals surface area contributed by atoms with E-state index in [1.54, 1.807) is 12.3 Å². The Balaban J connectivity index is 1.65. The maximum absolute atomic E-state index is 12.5. The van der Waals surface area contributed by atoms with Crippen LogP contribution in [0.15, 0.2) is 67.0 Å². The van der Waals surface area contributed by atoms with E-state index in [2.05, 4.69) is 41.4 Å². The van der Waals surface area contributed by atoms with Gasteiger partial charge in [0.05, 0.1) is 12.2 Å². The standard InChI is InChI=1S/C23H24N4O2/c1-23(2,3)17-7-9-18(10-8-17)27-22(29)20-14-16(11-13-25-20)21(28)26-15-19-6-4-5-12-24-19/h4-14H,15H2,1-3H3,(H,26,28)(H,27,29). The molecular weight excluding hydrogens is 364 g/mol. The lowest BCUT2D eigenvalue weighted by Crippen LogP contribution is -2.24. The van der Waals surface area contributed by atoms with Crippen molar-refractivity contribution in [2.75, 3.05) is 5.32 Å². The lowest BCUT2D eigenvalue weighted by atomic mass is 9.87. The molecule has 0 aliphatic rings. The van der Waals surface area contributed by atoms with Gasteiger partial charge in [-0.25, -0.2) is 0 Å². The first-order chi connectivity index (χ1) is 13.8. The van der Waals surface area contributed by atoms with Crippen LogP contribution in [-0.4, -0.2) is 21.8 Å². The molecule has 0 radical (unpaired) electrons. The average Bonchev–Trinajstić information content (AvgIpc) is 2.72. The topological polar surface area (TPSA) is 84.0 Å². The molecule has 0 unspecified atom stereocenters. The van der Waals surface area contributed by atoms with Crippen molar-refractivity contribution in [2.24, 2.45) is 0 Å². The Hall–Kier alpha value is -3.54. The second-order valence-electron chi connectivity index (χ2n) is 7.71. The van der Waals surface area contributed by atoms with Crippen LogP contribution < -0.4 is 10.6 Å². The smallest absolute Gasteiger partial charge is 0.274 e. The highest BCUT2D eigenvalue weighted by Gasteiger charge is 2.15. The molecule has 148 valence electrons. The quantitative estimate of drug-likeness (QED) is 0.693. The molecular formula is C23H24N4O2. The molecule has 0 aliphatic heterocycles. The monoisotopic (exact) mass is 388 g/mol. The van der Waals surface area contributed by atoms with Crippen molar-refractivity contribution in [3.63, 3.8) is 0 Å². The van der Waals surface area contributed by atoms with Gasteiger partial charge in [0.2, 0.25) is 0 Å². The summed E-state index contributed by atoms with van der Waals surface area (Å²) < 4.78 is 0. The Morgan fingerprint density at radius 3 is 2.31 bits per heavy atom. The summed E-state index contributed by atoms with van der Waals surface area (Å²) in [5.41, 5.74) is 3.20. The molecule has 0 atom stereocenters. The number of hydrogen-bond donors (Lipinski definition) is 2. The predicted molar refractivity (Wildman–Crippen MR) is 113 cm³/mol. The number of carbonyl (C=O) groups is 2. The van der Waals surface area contributed by atoms with E-state index in [9.17, 15) is 9.59 Å². The number of amides is 2. The number of nitrogens with zero attached hydrogens (tertiary/aromatic N) is 2. The molecule has 2 N–H and O–H groups in total. The van der Waals surface area contributed by atoms with E-state index in [0.29, 0.717) is 17.8 Å². The minimum absolute atomic E-state index is 0.0427. The molecule has 29 heavy (non-hydrogen) atoms. The molecule has 0 fully saturated rings. The summed E-state index contributed by atoms with van der Waals surface area (Å²) in [7, 11) is 0. The van der Waals surface area contributed by atoms with E-state index in [0.717, 1.165) is 5.69 Å². The molecule has 3 rings (SSSR count). The lowest BCUT2D eigenvalue weighted by molar-refractivity contribution is 0.0950. The van der Waals surface area contributed by atoms with Crippen LogP contribution in [0.1, 0.15) is 52.9 Å². The lowest BCUT2D eigenvalue weighted by Gasteiger charge is -2.19. The number of hydrogen-bond acceptors (Lipinski definition) is 4. The van der Waals surface area contributed by atoms with Crippen LogP contribution in [0.25, 0.3) is 0 Å². The second kappa shape index (κ2) is 8.65. The maximum Gasteiger partial charge on any atom is 0.274 e. The zero-order valence-electron chi connectivity index (χ0n) is 16.8. The molecule has 0 saturated heterocycles. The minimum atomic E-state index is -0.368. The van der Waals surface area contributed by atoms with Gasteiger partial charge >= 0.3 is 0 Å². The number of rotatable bonds is 5. The summed E-state index contributed by atoms with van der Waals surface area (Å²) in [4.78, 5) is 33.2. The zero-order chi connectivity index (χ0) is 20.9. The SMILES string of the molecule is CC(C)(C)c1ccc(NC(=O)c2cc(C(=O)NCc3ccccn3)ccn2)cc1. The van der Waals surface area contributed by atoms with Gasteiger partial charge < -0.3 is 10.6 Å². The number of pyridine rings is 2. The van der Waals surface area contributed by atoms with Crippen LogP contribution in [0.3, 0.4) is 0 Å². The van der Waals surface area contributed by atoms with E-state index in [1.807, 2.05) is 42.5 Å². The summed E-state index contributed by atoms with van der Waals surface area (Å²) in [6, 6.07) is 16.3. The summed E-state index contributed by atoms with van der Waals surface area (Å²) in [5, 5.41) is 5.61. The highest BCUT2D eigenvalue weighted by molar-refractivity contribution is 6.04. The molecule has 0 saturated carbocycles. The molecule has 6 heteroatoms. The fourth-order valence-electron chi connectivity index (χ4n) is 2.72. The van der Waals surface area contributed by atoms with Gasteiger partial charge in [-0.15, -0.1) is 0 Å². The van der Waals surface area contributed by atoms with Crippen molar-refractivity contribution in [3.8, 4) is 0 Å². The largest absolute Gasteiger partial charge is 0.346 e. The number of anilines is 1. The van der Waals surface area contributed by atoms with E-state index >= 15 is 0 Å². The molecule has 3 aromatic rings. The van der Waals surface area contributed by atoms with Crippen molar-refractivity contribution < 1.29 is 9.59 Å². The van der Waals surface area contributed by atoms with Crippen molar-refractivity contribution in [3.05, 3.63) is 89.5 Å². The van der Waals surface area contributed by atoms with E-state index < -0.39 is 0 Å². The Labute approximate surface area is 170 Å². The van der Waals surface area contributed by atoms with Crippen LogP contribution in [0.4, 0.5) is 5.69 Å². The predicted octanol–water partition coefficient (Wildman–Crippen LogP) is 3.96. The molecule has 2 aromatic heterocycles. The van der Waals surface area contributed by atoms with Crippen LogP contribution in [0, 0.1) is 0 Å². The maximum atomic E-state index is 12.5. The second-order valence-corrected chi connectivity index (χ2v) is 7.71. The molecule has 2 amide bonds. The third-order valence-electron chi connectivity index (χ3n) is 4.42. The Morgan fingerprint density at radius 2 is 1.66 bits per heavy atom. The fraction of sp³-hybridized carbons (Fsp3) is 0.217. The first-order valence-corrected chi connectivity index (χ1v) is 9.39. The van der Waals surface area contributed by atoms with E-state index in [1.165, 1.54) is 17.8 Å². The van der Waals surface area contributed by atoms with Gasteiger partial charge in [0.25, 0.3) is 11.8 Å². The highest BCUT2D eigenvalue weighted by atomic mass is 16.2. The molecule has 0 aliphatic carbocycles. The summed E-state index contributed by atoms with van der Waals surface area (Å²) in [6.07, 6.45) is 3.12. The number of benzene rings is 1. The number of carbonyl (C=O) groups excluding carboxylic acids is 2. The van der Waals surface area contributed by atoms with Gasteiger partial charge in [-0.2, -0.15) is 0 Å². The van der Waals surface area contributed by atoms with Crippen LogP contribution in [0.2, 0.25) is 0 Å². The average molecular weight is 388 g/mol. The van der Waals surface area contributed by atoms with E-state index in [4.69, 9.17) is 0 Å². The van der Waals surface area contributed by atoms with Gasteiger partial charge in [-0.1, -0.05) is 39.0 Å². The van der Waals surface area contributed by atoms with Crippen LogP contribution >= 0.6 is 0 Å². The van der Waals surface area contributed by atoms with Crippen molar-refractivity contribution in [1.82, 2.24) is 15.3 Å². The third kappa shape index (κ3) is 5.48. The van der Waals surface area contributed by atoms with Gasteiger partial charge in [-0.05, 0) is 47.4 Å². The van der Waals surface area contributed by atoms with Gasteiger partial charge in [0.15, 0.2) is 0 Å². The Morgan fingerprint density at radius 1 is 0.897 bits per heavy atom. The number of nitrogens with one attached hydrogen (secondary N) is 2. The summed E-state index contributed by atoms with van der Waals surface area (Å²) in [5.74, 6) is -0.658. The normalized spacial score (nSPS) is 11.0. The molecule has 6 nitrogen and oxygen atoms in total. The van der Waals surface area contributed by atoms with Gasteiger partial charge in [0, 0.05) is 23.6 Å². The summed E-state index contributed by atoms with van der Waals surface area (Å²) in [6.45, 7) is 6.71. The zero-order valence-corrected chi connectivity index (χ0v) is 16.8. The first-order valence-electron chi connectivity index (χ1n) is 9.39. The first kappa shape index (κ1) is 20.2.